The summed E-state index contributed by atoms with van der Waals surface area (Å²) in [7, 11) is 4.25. The molecule has 2 aromatic carbocycles. The molecule has 2 aromatic rings. The minimum atomic E-state index is 0. The van der Waals surface area contributed by atoms with E-state index in [4.69, 9.17) is 0 Å². The summed E-state index contributed by atoms with van der Waals surface area (Å²) >= 11 is 2.41. The van der Waals surface area contributed by atoms with Gasteiger partial charge in [0.1, 0.15) is 0 Å². The lowest BCUT2D eigenvalue weighted by Crippen LogP contribution is -2.21. The van der Waals surface area contributed by atoms with E-state index >= 15 is 0 Å². The zero-order chi connectivity index (χ0) is 12.3. The summed E-state index contributed by atoms with van der Waals surface area (Å²) in [5.41, 5.74) is 2.70. The molecule has 18 heavy (non-hydrogen) atoms. The van der Waals surface area contributed by atoms with Crippen molar-refractivity contribution in [3.63, 3.8) is 0 Å². The van der Waals surface area contributed by atoms with Crippen LogP contribution < -0.4 is 0 Å². The molecular formula is C15H17BrIN. The normalized spacial score (nSPS) is 12.0. The molecule has 0 N–H and O–H groups in total. The molecular weight excluding hydrogens is 401 g/mol. The maximum Gasteiger partial charge on any atom is 0.0607 e. The Morgan fingerprint density at radius 2 is 1.44 bits per heavy atom. The lowest BCUT2D eigenvalue weighted by atomic mass is 9.98. The van der Waals surface area contributed by atoms with Crippen molar-refractivity contribution in [3.05, 3.63) is 69.3 Å². The molecule has 0 amide bonds. The maximum absolute atomic E-state index is 2.41. The second-order valence-electron chi connectivity index (χ2n) is 4.30. The maximum atomic E-state index is 2.41. The highest BCUT2D eigenvalue weighted by Gasteiger charge is 2.17. The third-order valence-electron chi connectivity index (χ3n) is 2.83. The zero-order valence-corrected chi connectivity index (χ0v) is 14.4. The number of nitrogens with zero attached hydrogens (tertiary/aromatic N) is 1. The van der Waals surface area contributed by atoms with Crippen molar-refractivity contribution in [2.45, 2.75) is 6.04 Å². The summed E-state index contributed by atoms with van der Waals surface area (Å²) in [6, 6.07) is 19.5. The monoisotopic (exact) mass is 417 g/mol. The molecule has 0 radical (unpaired) electrons. The molecule has 0 spiro atoms. The van der Waals surface area contributed by atoms with Gasteiger partial charge in [0.2, 0.25) is 0 Å². The molecule has 3 heteroatoms. The van der Waals surface area contributed by atoms with E-state index in [9.17, 15) is 0 Å². The van der Waals surface area contributed by atoms with Crippen molar-refractivity contribution in [1.82, 2.24) is 4.90 Å². The van der Waals surface area contributed by atoms with E-state index in [-0.39, 0.29) is 17.0 Å². The molecule has 1 atom stereocenters. The number of hydrogen-bond acceptors (Lipinski definition) is 1. The summed E-state index contributed by atoms with van der Waals surface area (Å²) in [6.07, 6.45) is 0. The fraction of sp³-hybridized carbons (Fsp3) is 0.200. The SMILES string of the molecule is Br.CN(C)C(c1ccccc1)c1ccccc1I. The Bertz CT molecular complexity index is 485. The molecule has 0 aliphatic rings. The number of halogens is 2. The van der Waals surface area contributed by atoms with Gasteiger partial charge >= 0.3 is 0 Å². The van der Waals surface area contributed by atoms with Gasteiger partial charge in [0, 0.05) is 3.57 Å². The molecule has 0 fully saturated rings. The van der Waals surface area contributed by atoms with Crippen LogP contribution in [0.4, 0.5) is 0 Å². The van der Waals surface area contributed by atoms with Crippen LogP contribution in [-0.2, 0) is 0 Å². The van der Waals surface area contributed by atoms with E-state index in [0.29, 0.717) is 6.04 Å². The van der Waals surface area contributed by atoms with Gasteiger partial charge in [0.15, 0.2) is 0 Å². The van der Waals surface area contributed by atoms with Crippen LogP contribution in [0.2, 0.25) is 0 Å². The first-order valence-electron chi connectivity index (χ1n) is 5.66. The van der Waals surface area contributed by atoms with Gasteiger partial charge in [-0.15, -0.1) is 17.0 Å². The van der Waals surface area contributed by atoms with Crippen LogP contribution in [0.3, 0.4) is 0 Å². The average molecular weight is 418 g/mol. The lowest BCUT2D eigenvalue weighted by Gasteiger charge is -2.26. The van der Waals surface area contributed by atoms with Crippen LogP contribution >= 0.6 is 39.6 Å². The van der Waals surface area contributed by atoms with E-state index in [2.05, 4.69) is 96.2 Å². The van der Waals surface area contributed by atoms with Crippen LogP contribution in [0.1, 0.15) is 17.2 Å². The Balaban J connectivity index is 0.00000162. The smallest absolute Gasteiger partial charge is 0.0607 e. The van der Waals surface area contributed by atoms with Crippen molar-refractivity contribution in [1.29, 1.82) is 0 Å². The van der Waals surface area contributed by atoms with E-state index in [0.717, 1.165) is 0 Å². The fourth-order valence-electron chi connectivity index (χ4n) is 2.09. The Morgan fingerprint density at radius 3 is 2.00 bits per heavy atom. The van der Waals surface area contributed by atoms with Gasteiger partial charge in [-0.3, -0.25) is 4.90 Å². The Labute approximate surface area is 133 Å². The van der Waals surface area contributed by atoms with E-state index < -0.39 is 0 Å². The van der Waals surface area contributed by atoms with Gasteiger partial charge in [-0.25, -0.2) is 0 Å². The van der Waals surface area contributed by atoms with Gasteiger partial charge < -0.3 is 0 Å². The molecule has 0 aliphatic heterocycles. The van der Waals surface area contributed by atoms with E-state index in [1.165, 1.54) is 14.7 Å². The topological polar surface area (TPSA) is 3.24 Å². The van der Waals surface area contributed by atoms with Crippen LogP contribution in [-0.4, -0.2) is 19.0 Å². The number of benzene rings is 2. The van der Waals surface area contributed by atoms with Crippen molar-refractivity contribution in [2.75, 3.05) is 14.1 Å². The molecule has 0 heterocycles. The van der Waals surface area contributed by atoms with Crippen molar-refractivity contribution in [2.24, 2.45) is 0 Å². The Hall–Kier alpha value is -0.390. The van der Waals surface area contributed by atoms with Crippen LogP contribution in [0, 0.1) is 3.57 Å². The molecule has 0 saturated heterocycles. The molecule has 0 bridgehead atoms. The van der Waals surface area contributed by atoms with Crippen molar-refractivity contribution in [3.8, 4) is 0 Å². The minimum absolute atomic E-state index is 0. The Kier molecular flexibility index (Phi) is 6.32. The summed E-state index contributed by atoms with van der Waals surface area (Å²) in [5.74, 6) is 0. The average Bonchev–Trinajstić information content (AvgIpc) is 2.33. The second-order valence-corrected chi connectivity index (χ2v) is 5.46. The number of rotatable bonds is 3. The predicted molar refractivity (Wildman–Crippen MR) is 91.5 cm³/mol. The highest BCUT2D eigenvalue weighted by molar-refractivity contribution is 14.1. The first-order valence-corrected chi connectivity index (χ1v) is 6.74. The summed E-state index contributed by atoms with van der Waals surface area (Å²) in [6.45, 7) is 0. The molecule has 2 rings (SSSR count). The third kappa shape index (κ3) is 3.56. The second kappa shape index (κ2) is 7.26. The van der Waals surface area contributed by atoms with Crippen molar-refractivity contribution >= 4 is 39.6 Å². The summed E-state index contributed by atoms with van der Waals surface area (Å²) in [4.78, 5) is 2.26. The van der Waals surface area contributed by atoms with Gasteiger partial charge in [-0.1, -0.05) is 48.5 Å². The molecule has 0 aromatic heterocycles. The van der Waals surface area contributed by atoms with E-state index in [1.807, 2.05) is 0 Å². The molecule has 1 nitrogen and oxygen atoms in total. The third-order valence-corrected chi connectivity index (χ3v) is 3.81. The molecule has 0 aliphatic carbocycles. The van der Waals surface area contributed by atoms with Crippen LogP contribution in [0.15, 0.2) is 54.6 Å². The van der Waals surface area contributed by atoms with E-state index in [1.54, 1.807) is 0 Å². The quantitative estimate of drug-likeness (QED) is 0.663. The highest BCUT2D eigenvalue weighted by Crippen LogP contribution is 2.29. The highest BCUT2D eigenvalue weighted by atomic mass is 127. The fourth-order valence-corrected chi connectivity index (χ4v) is 2.77. The predicted octanol–water partition coefficient (Wildman–Crippen LogP) is 4.52. The zero-order valence-electron chi connectivity index (χ0n) is 10.5. The largest absolute Gasteiger partial charge is 0.299 e. The van der Waals surface area contributed by atoms with Gasteiger partial charge in [-0.05, 0) is 53.9 Å². The van der Waals surface area contributed by atoms with Crippen LogP contribution in [0.25, 0.3) is 0 Å². The number of hydrogen-bond donors (Lipinski definition) is 0. The molecule has 1 unspecified atom stereocenters. The van der Waals surface area contributed by atoms with Crippen LogP contribution in [0.5, 0.6) is 0 Å². The summed E-state index contributed by atoms with van der Waals surface area (Å²) in [5, 5.41) is 0. The molecule has 96 valence electrons. The Morgan fingerprint density at radius 1 is 0.889 bits per heavy atom. The first kappa shape index (κ1) is 15.7. The standard InChI is InChI=1S/C15H16IN.BrH/c1-17(2)15(12-8-4-3-5-9-12)13-10-6-7-11-14(13)16;/h3-11,15H,1-2H3;1H. The van der Waals surface area contributed by atoms with Gasteiger partial charge in [0.05, 0.1) is 6.04 Å². The lowest BCUT2D eigenvalue weighted by molar-refractivity contribution is 0.341. The van der Waals surface area contributed by atoms with Crippen molar-refractivity contribution < 1.29 is 0 Å². The minimum Gasteiger partial charge on any atom is -0.299 e. The molecule has 0 saturated carbocycles. The summed E-state index contributed by atoms with van der Waals surface area (Å²) < 4.78 is 1.31. The van der Waals surface area contributed by atoms with Gasteiger partial charge in [0.25, 0.3) is 0 Å². The van der Waals surface area contributed by atoms with Gasteiger partial charge in [-0.2, -0.15) is 0 Å². The first-order chi connectivity index (χ1) is 8.20.